The van der Waals surface area contributed by atoms with Crippen molar-refractivity contribution in [3.8, 4) is 22.8 Å². The van der Waals surface area contributed by atoms with E-state index in [2.05, 4.69) is 35.9 Å². The first-order chi connectivity index (χ1) is 16.5. The molecule has 3 heterocycles. The molecule has 8 nitrogen and oxygen atoms in total. The molecule has 4 aromatic rings. The van der Waals surface area contributed by atoms with Gasteiger partial charge in [-0.2, -0.15) is 9.37 Å². The number of nitrogens with zero attached hydrogens (tertiary/aromatic N) is 5. The molecule has 0 saturated carbocycles. The smallest absolute Gasteiger partial charge is 0.276 e. The number of pyridine rings is 1. The van der Waals surface area contributed by atoms with Gasteiger partial charge in [0, 0.05) is 11.8 Å². The molecule has 0 aliphatic carbocycles. The topological polar surface area (TPSA) is 103 Å². The van der Waals surface area contributed by atoms with E-state index in [4.69, 9.17) is 4.74 Å². The van der Waals surface area contributed by atoms with E-state index in [0.29, 0.717) is 28.7 Å². The minimum atomic E-state index is -1.20. The molecule has 0 fully saturated rings. The van der Waals surface area contributed by atoms with Crippen molar-refractivity contribution in [2.45, 2.75) is 39.9 Å². The third-order valence-electron chi connectivity index (χ3n) is 5.19. The summed E-state index contributed by atoms with van der Waals surface area (Å²) in [5.74, 6) is 0.176. The Bertz CT molecular complexity index is 1470. The molecule has 0 atom stereocenters. The number of aromatic nitrogens is 5. The van der Waals surface area contributed by atoms with Crippen LogP contribution in [-0.2, 0) is 12.2 Å². The predicted octanol–water partition coefficient (Wildman–Crippen LogP) is 4.41. The second-order valence-corrected chi connectivity index (χ2v) is 9.29. The Balaban J connectivity index is 1.71. The van der Waals surface area contributed by atoms with Crippen molar-refractivity contribution < 1.29 is 14.2 Å². The molecular weight excluding hydrogens is 517 g/mol. The summed E-state index contributed by atoms with van der Waals surface area (Å²) in [5, 5.41) is 10.3. The van der Waals surface area contributed by atoms with E-state index < -0.39 is 11.5 Å². The molecule has 35 heavy (non-hydrogen) atoms. The summed E-state index contributed by atoms with van der Waals surface area (Å²) in [7, 11) is 0. The highest BCUT2D eigenvalue weighted by molar-refractivity contribution is 9.10. The number of hydrogen-bond acceptors (Lipinski definition) is 7. The average Bonchev–Trinajstić information content (AvgIpc) is 2.80. The van der Waals surface area contributed by atoms with Gasteiger partial charge in [-0.15, -0.1) is 0 Å². The summed E-state index contributed by atoms with van der Waals surface area (Å²) in [6.45, 7) is 6.77. The molecular formula is C25H23BrFN5O3. The Morgan fingerprint density at radius 1 is 1.11 bits per heavy atom. The molecule has 0 spiro atoms. The number of hydrogen-bond donors (Lipinski definition) is 1. The maximum absolute atomic E-state index is 13.3. The van der Waals surface area contributed by atoms with Crippen molar-refractivity contribution in [2.75, 3.05) is 0 Å². The number of aryl methyl sites for hydroxylation is 2. The summed E-state index contributed by atoms with van der Waals surface area (Å²) in [4.78, 5) is 30.2. The van der Waals surface area contributed by atoms with Gasteiger partial charge in [-0.05, 0) is 73.5 Å². The van der Waals surface area contributed by atoms with Crippen LogP contribution in [0.3, 0.4) is 0 Å². The molecule has 10 heteroatoms. The predicted molar refractivity (Wildman–Crippen MR) is 132 cm³/mol. The summed E-state index contributed by atoms with van der Waals surface area (Å²) < 4.78 is 20.6. The van der Waals surface area contributed by atoms with Crippen molar-refractivity contribution in [1.29, 1.82) is 0 Å². The maximum Gasteiger partial charge on any atom is 0.276 e. The van der Waals surface area contributed by atoms with Crippen LogP contribution in [0.4, 0.5) is 4.39 Å². The Kier molecular flexibility index (Phi) is 6.77. The number of ether oxygens (including phenoxy) is 1. The van der Waals surface area contributed by atoms with Crippen LogP contribution in [0.2, 0.25) is 0 Å². The Morgan fingerprint density at radius 3 is 2.57 bits per heavy atom. The van der Waals surface area contributed by atoms with Crippen LogP contribution in [0.25, 0.3) is 16.9 Å². The van der Waals surface area contributed by atoms with Gasteiger partial charge in [0.05, 0.1) is 17.1 Å². The molecule has 0 radical (unpaired) electrons. The highest BCUT2D eigenvalue weighted by Gasteiger charge is 2.21. The van der Waals surface area contributed by atoms with E-state index in [1.54, 1.807) is 39.1 Å². The van der Waals surface area contributed by atoms with Gasteiger partial charge in [-0.1, -0.05) is 18.2 Å². The quantitative estimate of drug-likeness (QED) is 0.362. The molecule has 180 valence electrons. The minimum Gasteiger partial charge on any atom is -0.470 e. The summed E-state index contributed by atoms with van der Waals surface area (Å²) in [6.07, 6.45) is 1.66. The van der Waals surface area contributed by atoms with E-state index in [1.165, 1.54) is 16.7 Å². The SMILES string of the molecule is Cc1cnc(C(C)(C)O)nc1-c1cccc(-n2c(C)nc(OCc3cccc(F)n3)c(Br)c2=O)c1. The second-order valence-electron chi connectivity index (χ2n) is 8.49. The first-order valence-electron chi connectivity index (χ1n) is 10.8. The van der Waals surface area contributed by atoms with E-state index in [9.17, 15) is 14.3 Å². The fourth-order valence-electron chi connectivity index (χ4n) is 3.48. The molecule has 0 amide bonds. The van der Waals surface area contributed by atoms with Gasteiger partial charge in [0.15, 0.2) is 5.82 Å². The minimum absolute atomic E-state index is 0.0434. The first kappa shape index (κ1) is 24.6. The van der Waals surface area contributed by atoms with Gasteiger partial charge in [0.2, 0.25) is 11.8 Å². The van der Waals surface area contributed by atoms with Crippen LogP contribution in [0.15, 0.2) is 57.9 Å². The van der Waals surface area contributed by atoms with Gasteiger partial charge < -0.3 is 9.84 Å². The number of aliphatic hydroxyl groups is 1. The maximum atomic E-state index is 13.3. The zero-order valence-electron chi connectivity index (χ0n) is 19.6. The fourth-order valence-corrected chi connectivity index (χ4v) is 3.86. The van der Waals surface area contributed by atoms with Crippen molar-refractivity contribution in [2.24, 2.45) is 0 Å². The monoisotopic (exact) mass is 539 g/mol. The van der Waals surface area contributed by atoms with Gasteiger partial charge in [0.1, 0.15) is 22.5 Å². The van der Waals surface area contributed by atoms with E-state index in [1.807, 2.05) is 25.1 Å². The van der Waals surface area contributed by atoms with Gasteiger partial charge in [0.25, 0.3) is 5.56 Å². The summed E-state index contributed by atoms with van der Waals surface area (Å²) in [5.41, 5.74) is 1.63. The third-order valence-corrected chi connectivity index (χ3v) is 5.87. The molecule has 3 aromatic heterocycles. The van der Waals surface area contributed by atoms with Crippen LogP contribution in [0.5, 0.6) is 5.88 Å². The molecule has 0 unspecified atom stereocenters. The van der Waals surface area contributed by atoms with Crippen LogP contribution < -0.4 is 10.3 Å². The lowest BCUT2D eigenvalue weighted by Crippen LogP contribution is -2.24. The Labute approximate surface area is 209 Å². The van der Waals surface area contributed by atoms with Crippen LogP contribution >= 0.6 is 15.9 Å². The van der Waals surface area contributed by atoms with Gasteiger partial charge in [-0.25, -0.2) is 15.0 Å². The number of benzene rings is 1. The van der Waals surface area contributed by atoms with E-state index in [-0.39, 0.29) is 22.5 Å². The summed E-state index contributed by atoms with van der Waals surface area (Å²) in [6, 6.07) is 11.7. The first-order valence-corrected chi connectivity index (χ1v) is 11.5. The van der Waals surface area contributed by atoms with Crippen molar-refractivity contribution >= 4 is 15.9 Å². The normalized spacial score (nSPS) is 11.5. The van der Waals surface area contributed by atoms with Crippen molar-refractivity contribution in [1.82, 2.24) is 24.5 Å². The van der Waals surface area contributed by atoms with Crippen LogP contribution in [-0.4, -0.2) is 29.6 Å². The van der Waals surface area contributed by atoms with Crippen LogP contribution in [0.1, 0.15) is 36.8 Å². The molecule has 4 rings (SSSR count). The molecule has 0 aliphatic rings. The second kappa shape index (κ2) is 9.63. The number of rotatable bonds is 6. The van der Waals surface area contributed by atoms with Gasteiger partial charge >= 0.3 is 0 Å². The highest BCUT2D eigenvalue weighted by atomic mass is 79.9. The standard InChI is InChI=1S/C25H23BrFN5O3/c1-14-12-28-24(25(3,4)34)31-21(14)16-7-5-9-18(11-16)32-15(2)29-22(20(26)23(32)33)35-13-17-8-6-10-19(27)30-17/h5-12,34H,13H2,1-4H3. The van der Waals surface area contributed by atoms with Crippen molar-refractivity contribution in [3.05, 3.63) is 92.3 Å². The molecule has 0 bridgehead atoms. The van der Waals surface area contributed by atoms with Crippen LogP contribution in [0, 0.1) is 19.8 Å². The lowest BCUT2D eigenvalue weighted by molar-refractivity contribution is 0.0688. The van der Waals surface area contributed by atoms with E-state index >= 15 is 0 Å². The molecule has 1 N–H and O–H groups in total. The number of halogens is 2. The molecule has 1 aromatic carbocycles. The summed E-state index contributed by atoms with van der Waals surface area (Å²) >= 11 is 3.29. The fraction of sp³-hybridized carbons (Fsp3) is 0.240. The largest absolute Gasteiger partial charge is 0.470 e. The van der Waals surface area contributed by atoms with E-state index in [0.717, 1.165) is 11.1 Å². The zero-order chi connectivity index (χ0) is 25.3. The zero-order valence-corrected chi connectivity index (χ0v) is 21.2. The van der Waals surface area contributed by atoms with Gasteiger partial charge in [-0.3, -0.25) is 9.36 Å². The lowest BCUT2D eigenvalue weighted by Gasteiger charge is -2.18. The Morgan fingerprint density at radius 2 is 1.86 bits per heavy atom. The highest BCUT2D eigenvalue weighted by Crippen LogP contribution is 2.27. The Hall–Kier alpha value is -3.50. The molecule has 0 saturated heterocycles. The lowest BCUT2D eigenvalue weighted by atomic mass is 10.0. The van der Waals surface area contributed by atoms with Crippen molar-refractivity contribution in [3.63, 3.8) is 0 Å². The average molecular weight is 540 g/mol. The molecule has 0 aliphatic heterocycles. The third kappa shape index (κ3) is 5.28.